The van der Waals surface area contributed by atoms with E-state index in [4.69, 9.17) is 0 Å². The molecule has 116 valence electrons. The zero-order valence-electron chi connectivity index (χ0n) is 13.1. The molecule has 1 fully saturated rings. The molecule has 0 bridgehead atoms. The molecule has 0 aliphatic carbocycles. The molecule has 0 aromatic heterocycles. The Hall–Kier alpha value is -1.10. The van der Waals surface area contributed by atoms with Crippen molar-refractivity contribution in [3.05, 3.63) is 53.6 Å². The highest BCUT2D eigenvalue weighted by atomic mass is 33.1. The highest BCUT2D eigenvalue weighted by Gasteiger charge is 2.14. The standard InChI is InChI=1S/C18H22N2S2/c1-14-7-8-17(15(2)13-14)21-22-18-6-4-3-5-16(18)20-11-9-19-10-12-20/h3-8,13,19H,9-12H2,1-2H3. The molecule has 1 heterocycles. The number of para-hydroxylation sites is 1. The average molecular weight is 331 g/mol. The highest BCUT2D eigenvalue weighted by molar-refractivity contribution is 8.76. The summed E-state index contributed by atoms with van der Waals surface area (Å²) in [5.74, 6) is 0. The van der Waals surface area contributed by atoms with Crippen LogP contribution in [0.25, 0.3) is 0 Å². The van der Waals surface area contributed by atoms with E-state index in [-0.39, 0.29) is 0 Å². The van der Waals surface area contributed by atoms with Crippen molar-refractivity contribution >= 4 is 27.3 Å². The Morgan fingerprint density at radius 2 is 1.64 bits per heavy atom. The molecule has 4 heteroatoms. The van der Waals surface area contributed by atoms with Crippen LogP contribution in [-0.4, -0.2) is 26.2 Å². The quantitative estimate of drug-likeness (QED) is 0.829. The molecule has 22 heavy (non-hydrogen) atoms. The fraction of sp³-hybridized carbons (Fsp3) is 0.333. The second-order valence-electron chi connectivity index (χ2n) is 5.64. The lowest BCUT2D eigenvalue weighted by molar-refractivity contribution is 0.587. The van der Waals surface area contributed by atoms with Crippen LogP contribution < -0.4 is 10.2 Å². The first kappa shape index (κ1) is 15.8. The number of nitrogens with zero attached hydrogens (tertiary/aromatic N) is 1. The van der Waals surface area contributed by atoms with Crippen molar-refractivity contribution in [3.8, 4) is 0 Å². The van der Waals surface area contributed by atoms with Crippen LogP contribution in [-0.2, 0) is 0 Å². The molecule has 0 radical (unpaired) electrons. The van der Waals surface area contributed by atoms with E-state index in [1.807, 2.05) is 21.6 Å². The molecule has 3 rings (SSSR count). The molecule has 0 saturated carbocycles. The molecule has 1 saturated heterocycles. The summed E-state index contributed by atoms with van der Waals surface area (Å²) in [6.45, 7) is 8.66. The molecular weight excluding hydrogens is 308 g/mol. The summed E-state index contributed by atoms with van der Waals surface area (Å²) in [4.78, 5) is 5.20. The average Bonchev–Trinajstić information content (AvgIpc) is 2.55. The van der Waals surface area contributed by atoms with Gasteiger partial charge in [-0.2, -0.15) is 0 Å². The van der Waals surface area contributed by atoms with Crippen molar-refractivity contribution in [1.82, 2.24) is 5.32 Å². The van der Waals surface area contributed by atoms with Crippen molar-refractivity contribution in [2.45, 2.75) is 23.6 Å². The third-order valence-electron chi connectivity index (χ3n) is 3.87. The minimum Gasteiger partial charge on any atom is -0.368 e. The maximum absolute atomic E-state index is 3.42. The molecule has 1 aliphatic rings. The van der Waals surface area contributed by atoms with Gasteiger partial charge in [0, 0.05) is 36.0 Å². The molecular formula is C18H22N2S2. The molecule has 2 nitrogen and oxygen atoms in total. The third-order valence-corrected chi connectivity index (χ3v) is 6.45. The van der Waals surface area contributed by atoms with Gasteiger partial charge in [-0.05, 0) is 37.6 Å². The van der Waals surface area contributed by atoms with E-state index in [1.54, 1.807) is 0 Å². The van der Waals surface area contributed by atoms with Crippen LogP contribution >= 0.6 is 21.6 Å². The number of rotatable bonds is 4. The monoisotopic (exact) mass is 330 g/mol. The highest BCUT2D eigenvalue weighted by Crippen LogP contribution is 2.43. The van der Waals surface area contributed by atoms with Crippen LogP contribution in [0.15, 0.2) is 52.3 Å². The molecule has 0 unspecified atom stereocenters. The Balaban J connectivity index is 1.74. The lowest BCUT2D eigenvalue weighted by Crippen LogP contribution is -2.43. The summed E-state index contributed by atoms with van der Waals surface area (Å²) in [6.07, 6.45) is 0. The first-order valence-corrected chi connectivity index (χ1v) is 9.85. The van der Waals surface area contributed by atoms with Gasteiger partial charge in [0.15, 0.2) is 0 Å². The van der Waals surface area contributed by atoms with E-state index < -0.39 is 0 Å². The van der Waals surface area contributed by atoms with Gasteiger partial charge in [0.25, 0.3) is 0 Å². The number of piperazine rings is 1. The van der Waals surface area contributed by atoms with E-state index in [1.165, 1.54) is 26.6 Å². The summed E-state index contributed by atoms with van der Waals surface area (Å²) in [6, 6.07) is 15.4. The molecule has 1 aliphatic heterocycles. The van der Waals surface area contributed by atoms with Gasteiger partial charge in [0.1, 0.15) is 0 Å². The third kappa shape index (κ3) is 3.80. The lowest BCUT2D eigenvalue weighted by atomic mass is 10.2. The number of aryl methyl sites for hydroxylation is 2. The van der Waals surface area contributed by atoms with E-state index in [2.05, 4.69) is 66.5 Å². The largest absolute Gasteiger partial charge is 0.368 e. The predicted octanol–water partition coefficient (Wildman–Crippen LogP) is 4.51. The minimum absolute atomic E-state index is 1.07. The zero-order chi connectivity index (χ0) is 15.4. The van der Waals surface area contributed by atoms with Gasteiger partial charge >= 0.3 is 0 Å². The minimum atomic E-state index is 1.07. The van der Waals surface area contributed by atoms with Gasteiger partial charge < -0.3 is 10.2 Å². The number of nitrogens with one attached hydrogen (secondary N) is 1. The van der Waals surface area contributed by atoms with Crippen LogP contribution in [0.1, 0.15) is 11.1 Å². The fourth-order valence-corrected chi connectivity index (χ4v) is 5.11. The smallest absolute Gasteiger partial charge is 0.0514 e. The molecule has 0 amide bonds. The topological polar surface area (TPSA) is 15.3 Å². The van der Waals surface area contributed by atoms with Crippen LogP contribution in [0.4, 0.5) is 5.69 Å². The van der Waals surface area contributed by atoms with Crippen LogP contribution in [0.2, 0.25) is 0 Å². The van der Waals surface area contributed by atoms with Crippen LogP contribution in [0, 0.1) is 13.8 Å². The fourth-order valence-electron chi connectivity index (χ4n) is 2.68. The summed E-state index contributed by atoms with van der Waals surface area (Å²) < 4.78 is 0. The summed E-state index contributed by atoms with van der Waals surface area (Å²) in [7, 11) is 3.73. The van der Waals surface area contributed by atoms with Gasteiger partial charge in [0.2, 0.25) is 0 Å². The van der Waals surface area contributed by atoms with Crippen molar-refractivity contribution in [1.29, 1.82) is 0 Å². The number of hydrogen-bond acceptors (Lipinski definition) is 4. The summed E-state index contributed by atoms with van der Waals surface area (Å²) >= 11 is 0. The van der Waals surface area contributed by atoms with Gasteiger partial charge in [-0.15, -0.1) is 0 Å². The number of hydrogen-bond donors (Lipinski definition) is 1. The van der Waals surface area contributed by atoms with Crippen molar-refractivity contribution in [2.75, 3.05) is 31.1 Å². The SMILES string of the molecule is Cc1ccc(SSc2ccccc2N2CCNCC2)c(C)c1. The summed E-state index contributed by atoms with van der Waals surface area (Å²) in [5, 5.41) is 3.42. The molecule has 2 aromatic carbocycles. The molecule has 1 N–H and O–H groups in total. The van der Waals surface area contributed by atoms with Gasteiger partial charge in [-0.1, -0.05) is 51.4 Å². The molecule has 2 aromatic rings. The van der Waals surface area contributed by atoms with Crippen molar-refractivity contribution in [2.24, 2.45) is 0 Å². The normalized spacial score (nSPS) is 15.1. The van der Waals surface area contributed by atoms with Crippen molar-refractivity contribution in [3.63, 3.8) is 0 Å². The predicted molar refractivity (Wildman–Crippen MR) is 99.2 cm³/mol. The van der Waals surface area contributed by atoms with E-state index >= 15 is 0 Å². The van der Waals surface area contributed by atoms with Gasteiger partial charge in [-0.25, -0.2) is 0 Å². The maximum atomic E-state index is 3.42. The second-order valence-corrected chi connectivity index (χ2v) is 7.85. The van der Waals surface area contributed by atoms with Gasteiger partial charge in [-0.3, -0.25) is 0 Å². The molecule has 0 spiro atoms. The Morgan fingerprint density at radius 3 is 2.41 bits per heavy atom. The second kappa shape index (κ2) is 7.44. The van der Waals surface area contributed by atoms with E-state index in [0.29, 0.717) is 0 Å². The zero-order valence-corrected chi connectivity index (χ0v) is 14.8. The summed E-state index contributed by atoms with van der Waals surface area (Å²) in [5.41, 5.74) is 4.05. The van der Waals surface area contributed by atoms with Gasteiger partial charge in [0.05, 0.1) is 5.69 Å². The molecule has 0 atom stereocenters. The van der Waals surface area contributed by atoms with Crippen LogP contribution in [0.3, 0.4) is 0 Å². The maximum Gasteiger partial charge on any atom is 0.0514 e. The first-order valence-electron chi connectivity index (χ1n) is 7.70. The Labute approximate surface area is 141 Å². The van der Waals surface area contributed by atoms with E-state index in [9.17, 15) is 0 Å². The lowest BCUT2D eigenvalue weighted by Gasteiger charge is -2.30. The first-order chi connectivity index (χ1) is 10.7. The Morgan fingerprint density at radius 1 is 0.909 bits per heavy atom. The number of benzene rings is 2. The Bertz CT molecular complexity index is 637. The Kier molecular flexibility index (Phi) is 5.34. The van der Waals surface area contributed by atoms with E-state index in [0.717, 1.165) is 26.2 Å². The number of anilines is 1. The van der Waals surface area contributed by atoms with Crippen LogP contribution in [0.5, 0.6) is 0 Å². The van der Waals surface area contributed by atoms with Crippen molar-refractivity contribution < 1.29 is 0 Å².